The van der Waals surface area contributed by atoms with Gasteiger partial charge >= 0.3 is 0 Å². The Kier molecular flexibility index (Phi) is 5.23. The van der Waals surface area contributed by atoms with Crippen LogP contribution in [0.25, 0.3) is 10.9 Å². The standard InChI is InChI=1S/C16H22N2S/c1-12(2)10-19-11-16(17-3)14-6-7-15-13(9-14)5-4-8-18-15/h4-9,12,16-17H,10-11H2,1-3H3. The molecule has 0 amide bonds. The molecule has 1 aromatic heterocycles. The van der Waals surface area contributed by atoms with Crippen molar-refractivity contribution < 1.29 is 0 Å². The topological polar surface area (TPSA) is 24.9 Å². The van der Waals surface area contributed by atoms with E-state index in [0.717, 1.165) is 17.2 Å². The highest BCUT2D eigenvalue weighted by Crippen LogP contribution is 2.22. The van der Waals surface area contributed by atoms with Crippen LogP contribution in [-0.2, 0) is 0 Å². The Balaban J connectivity index is 2.11. The molecular weight excluding hydrogens is 252 g/mol. The summed E-state index contributed by atoms with van der Waals surface area (Å²) in [5.41, 5.74) is 2.41. The molecule has 0 radical (unpaired) electrons. The van der Waals surface area contributed by atoms with Gasteiger partial charge in [-0.15, -0.1) is 0 Å². The van der Waals surface area contributed by atoms with Gasteiger partial charge in [-0.3, -0.25) is 4.98 Å². The van der Waals surface area contributed by atoms with Gasteiger partial charge in [-0.2, -0.15) is 11.8 Å². The maximum atomic E-state index is 4.37. The monoisotopic (exact) mass is 274 g/mol. The molecule has 102 valence electrons. The van der Waals surface area contributed by atoms with Crippen LogP contribution in [0.3, 0.4) is 0 Å². The SMILES string of the molecule is CNC(CSCC(C)C)c1ccc2ncccc2c1. The van der Waals surface area contributed by atoms with Crippen LogP contribution in [0, 0.1) is 5.92 Å². The summed E-state index contributed by atoms with van der Waals surface area (Å²) in [7, 11) is 2.04. The van der Waals surface area contributed by atoms with Gasteiger partial charge in [0.25, 0.3) is 0 Å². The smallest absolute Gasteiger partial charge is 0.0702 e. The summed E-state index contributed by atoms with van der Waals surface area (Å²) in [5, 5.41) is 4.63. The highest BCUT2D eigenvalue weighted by Gasteiger charge is 2.10. The van der Waals surface area contributed by atoms with Crippen molar-refractivity contribution in [2.24, 2.45) is 5.92 Å². The number of hydrogen-bond acceptors (Lipinski definition) is 3. The van der Waals surface area contributed by atoms with Gasteiger partial charge in [-0.05, 0) is 42.5 Å². The van der Waals surface area contributed by atoms with E-state index in [2.05, 4.69) is 48.4 Å². The van der Waals surface area contributed by atoms with Crippen molar-refractivity contribution in [2.75, 3.05) is 18.6 Å². The lowest BCUT2D eigenvalue weighted by Crippen LogP contribution is -2.19. The fourth-order valence-electron chi connectivity index (χ4n) is 2.08. The van der Waals surface area contributed by atoms with Crippen LogP contribution in [0.15, 0.2) is 36.5 Å². The normalized spacial score (nSPS) is 13.1. The minimum Gasteiger partial charge on any atom is -0.312 e. The lowest BCUT2D eigenvalue weighted by molar-refractivity contribution is 0.660. The van der Waals surface area contributed by atoms with Gasteiger partial charge in [0.15, 0.2) is 0 Å². The minimum atomic E-state index is 0.411. The van der Waals surface area contributed by atoms with Crippen molar-refractivity contribution in [1.82, 2.24) is 10.3 Å². The lowest BCUT2D eigenvalue weighted by Gasteiger charge is -2.17. The fourth-order valence-corrected chi connectivity index (χ4v) is 3.28. The average Bonchev–Trinajstić information content (AvgIpc) is 2.43. The first kappa shape index (κ1) is 14.4. The van der Waals surface area contributed by atoms with Gasteiger partial charge in [-0.25, -0.2) is 0 Å². The number of pyridine rings is 1. The maximum Gasteiger partial charge on any atom is 0.0702 e. The summed E-state index contributed by atoms with van der Waals surface area (Å²) < 4.78 is 0. The van der Waals surface area contributed by atoms with Crippen molar-refractivity contribution in [1.29, 1.82) is 0 Å². The molecule has 3 heteroatoms. The van der Waals surface area contributed by atoms with E-state index in [9.17, 15) is 0 Å². The van der Waals surface area contributed by atoms with E-state index in [1.54, 1.807) is 0 Å². The Morgan fingerprint density at radius 3 is 2.79 bits per heavy atom. The molecule has 2 rings (SSSR count). The highest BCUT2D eigenvalue weighted by atomic mass is 32.2. The first-order valence-electron chi connectivity index (χ1n) is 6.80. The Labute approximate surface area is 120 Å². The first-order chi connectivity index (χ1) is 9.20. The summed E-state index contributed by atoms with van der Waals surface area (Å²) in [4.78, 5) is 4.37. The van der Waals surface area contributed by atoms with E-state index >= 15 is 0 Å². The Bertz CT molecular complexity index is 525. The summed E-state index contributed by atoms with van der Waals surface area (Å²) in [6.07, 6.45) is 1.84. The van der Waals surface area contributed by atoms with Crippen molar-refractivity contribution in [3.63, 3.8) is 0 Å². The minimum absolute atomic E-state index is 0.411. The second-order valence-electron chi connectivity index (χ2n) is 5.23. The van der Waals surface area contributed by atoms with Gasteiger partial charge in [-0.1, -0.05) is 26.0 Å². The third kappa shape index (κ3) is 3.95. The highest BCUT2D eigenvalue weighted by molar-refractivity contribution is 7.99. The van der Waals surface area contributed by atoms with Crippen LogP contribution in [0.2, 0.25) is 0 Å². The number of fused-ring (bicyclic) bond motifs is 1. The molecule has 1 atom stereocenters. The maximum absolute atomic E-state index is 4.37. The quantitative estimate of drug-likeness (QED) is 0.865. The third-order valence-electron chi connectivity index (χ3n) is 3.11. The number of aromatic nitrogens is 1. The van der Waals surface area contributed by atoms with Crippen molar-refractivity contribution >= 4 is 22.7 Å². The molecule has 1 N–H and O–H groups in total. The Hall–Kier alpha value is -1.06. The predicted molar refractivity (Wildman–Crippen MR) is 85.7 cm³/mol. The Morgan fingerprint density at radius 2 is 2.05 bits per heavy atom. The third-order valence-corrected chi connectivity index (χ3v) is 4.58. The van der Waals surface area contributed by atoms with E-state index in [1.807, 2.05) is 31.1 Å². The summed E-state index contributed by atoms with van der Waals surface area (Å²) in [6.45, 7) is 4.53. The van der Waals surface area contributed by atoms with Crippen LogP contribution in [-0.4, -0.2) is 23.5 Å². The zero-order valence-corrected chi connectivity index (χ0v) is 12.7. The largest absolute Gasteiger partial charge is 0.312 e. The Morgan fingerprint density at radius 1 is 1.21 bits per heavy atom. The molecule has 1 heterocycles. The molecule has 0 bridgehead atoms. The van der Waals surface area contributed by atoms with E-state index in [4.69, 9.17) is 0 Å². The van der Waals surface area contributed by atoms with Crippen molar-refractivity contribution in [2.45, 2.75) is 19.9 Å². The molecule has 2 nitrogen and oxygen atoms in total. The van der Waals surface area contributed by atoms with E-state index in [-0.39, 0.29) is 0 Å². The molecule has 19 heavy (non-hydrogen) atoms. The van der Waals surface area contributed by atoms with E-state index in [0.29, 0.717) is 6.04 Å². The molecule has 0 fully saturated rings. The van der Waals surface area contributed by atoms with Crippen molar-refractivity contribution in [3.05, 3.63) is 42.1 Å². The molecule has 0 aliphatic heterocycles. The zero-order chi connectivity index (χ0) is 13.7. The molecular formula is C16H22N2S. The molecule has 1 aromatic carbocycles. The van der Waals surface area contributed by atoms with Crippen molar-refractivity contribution in [3.8, 4) is 0 Å². The number of nitrogens with one attached hydrogen (secondary N) is 1. The van der Waals surface area contributed by atoms with Crippen LogP contribution >= 0.6 is 11.8 Å². The summed E-state index contributed by atoms with van der Waals surface area (Å²) in [5.74, 6) is 3.08. The van der Waals surface area contributed by atoms with Gasteiger partial charge < -0.3 is 5.32 Å². The molecule has 2 aromatic rings. The van der Waals surface area contributed by atoms with Crippen LogP contribution in [0.1, 0.15) is 25.5 Å². The summed E-state index contributed by atoms with van der Waals surface area (Å²) >= 11 is 2.02. The second-order valence-corrected chi connectivity index (χ2v) is 6.30. The zero-order valence-electron chi connectivity index (χ0n) is 11.9. The van der Waals surface area contributed by atoms with Gasteiger partial charge in [0.05, 0.1) is 5.52 Å². The van der Waals surface area contributed by atoms with E-state index in [1.165, 1.54) is 16.7 Å². The van der Waals surface area contributed by atoms with Crippen LogP contribution in [0.4, 0.5) is 0 Å². The molecule has 0 spiro atoms. The molecule has 0 aliphatic carbocycles. The predicted octanol–water partition coefficient (Wildman–Crippen LogP) is 3.88. The average molecular weight is 274 g/mol. The van der Waals surface area contributed by atoms with Gasteiger partial charge in [0, 0.05) is 23.4 Å². The number of rotatable bonds is 6. The summed E-state index contributed by atoms with van der Waals surface area (Å²) in [6, 6.07) is 11.1. The number of thioether (sulfide) groups is 1. The number of nitrogens with zero attached hydrogens (tertiary/aromatic N) is 1. The van der Waals surface area contributed by atoms with Crippen LogP contribution < -0.4 is 5.32 Å². The number of benzene rings is 1. The molecule has 1 unspecified atom stereocenters. The lowest BCUT2D eigenvalue weighted by atomic mass is 10.1. The van der Waals surface area contributed by atoms with E-state index < -0.39 is 0 Å². The fraction of sp³-hybridized carbons (Fsp3) is 0.438. The first-order valence-corrected chi connectivity index (χ1v) is 7.96. The number of hydrogen-bond donors (Lipinski definition) is 1. The molecule has 0 saturated heterocycles. The molecule has 0 saturated carbocycles. The second kappa shape index (κ2) is 6.92. The van der Waals surface area contributed by atoms with Crippen LogP contribution in [0.5, 0.6) is 0 Å². The van der Waals surface area contributed by atoms with Gasteiger partial charge in [0.1, 0.15) is 0 Å². The molecule has 0 aliphatic rings. The van der Waals surface area contributed by atoms with Gasteiger partial charge in [0.2, 0.25) is 0 Å².